The third kappa shape index (κ3) is 6.06. The second-order valence-electron chi connectivity index (χ2n) is 11.6. The fraction of sp³-hybridized carbons (Fsp3) is 0.531. The van der Waals surface area contributed by atoms with E-state index in [1.54, 1.807) is 11.3 Å². The number of aromatic nitrogens is 1. The number of thiazole rings is 1. The summed E-state index contributed by atoms with van der Waals surface area (Å²) in [5, 5.41) is 12.4. The Kier molecular flexibility index (Phi) is 8.70. The van der Waals surface area contributed by atoms with Crippen molar-refractivity contribution in [3.63, 3.8) is 0 Å². The van der Waals surface area contributed by atoms with Crippen LogP contribution >= 0.6 is 11.3 Å². The molecule has 3 heterocycles. The van der Waals surface area contributed by atoms with Crippen LogP contribution in [0.2, 0.25) is 0 Å². The van der Waals surface area contributed by atoms with E-state index in [9.17, 15) is 0 Å². The highest BCUT2D eigenvalue weighted by Gasteiger charge is 2.42. The number of para-hydroxylation sites is 1. The van der Waals surface area contributed by atoms with Gasteiger partial charge in [-0.3, -0.25) is 4.90 Å². The maximum Gasteiger partial charge on any atom is 0.185 e. The summed E-state index contributed by atoms with van der Waals surface area (Å²) >= 11 is 1.73. The molecule has 40 heavy (non-hydrogen) atoms. The van der Waals surface area contributed by atoms with Crippen LogP contribution in [0.4, 0.5) is 5.13 Å². The summed E-state index contributed by atoms with van der Waals surface area (Å²) in [5.74, 6) is 2.69. The fourth-order valence-corrected chi connectivity index (χ4v) is 7.56. The second-order valence-corrected chi connectivity index (χ2v) is 12.4. The number of piperidine rings is 1. The molecule has 214 valence electrons. The normalized spacial score (nSPS) is 23.1. The first-order valence-corrected chi connectivity index (χ1v) is 15.5. The molecular formula is C32H41N3O4S. The van der Waals surface area contributed by atoms with Gasteiger partial charge in [0.05, 0.1) is 25.5 Å². The van der Waals surface area contributed by atoms with E-state index in [1.807, 2.05) is 0 Å². The molecule has 3 atom stereocenters. The molecule has 7 nitrogen and oxygen atoms in total. The maximum absolute atomic E-state index is 9.10. The molecule has 3 fully saturated rings. The second kappa shape index (κ2) is 12.6. The molecule has 2 saturated heterocycles. The topological polar surface area (TPSA) is 67.3 Å². The van der Waals surface area contributed by atoms with Crippen molar-refractivity contribution >= 4 is 16.5 Å². The summed E-state index contributed by atoms with van der Waals surface area (Å²) in [6.07, 6.45) is 2.48. The number of aryl methyl sites for hydroxylation is 2. The Morgan fingerprint density at radius 2 is 1.85 bits per heavy atom. The van der Waals surface area contributed by atoms with Gasteiger partial charge in [0.1, 0.15) is 19.1 Å². The maximum atomic E-state index is 9.10. The van der Waals surface area contributed by atoms with E-state index in [-0.39, 0.29) is 6.79 Å². The van der Waals surface area contributed by atoms with E-state index in [0.717, 1.165) is 73.6 Å². The monoisotopic (exact) mass is 563 g/mol. The van der Waals surface area contributed by atoms with Crippen LogP contribution in [0.1, 0.15) is 35.1 Å². The van der Waals surface area contributed by atoms with Crippen molar-refractivity contribution in [2.45, 2.75) is 39.8 Å². The molecule has 1 aromatic heterocycles. The van der Waals surface area contributed by atoms with Gasteiger partial charge in [0, 0.05) is 43.7 Å². The molecule has 2 bridgehead atoms. The number of nitrogens with zero attached hydrogens (tertiary/aromatic N) is 3. The summed E-state index contributed by atoms with van der Waals surface area (Å²) in [7, 11) is 0. The van der Waals surface area contributed by atoms with Gasteiger partial charge in [-0.25, -0.2) is 4.98 Å². The molecule has 1 saturated carbocycles. The number of aliphatic hydroxyl groups is 1. The van der Waals surface area contributed by atoms with E-state index in [1.165, 1.54) is 29.5 Å². The molecule has 3 aliphatic rings. The van der Waals surface area contributed by atoms with Gasteiger partial charge < -0.3 is 24.2 Å². The highest BCUT2D eigenvalue weighted by Crippen LogP contribution is 2.44. The number of fused-ring (bicyclic) bond motifs is 2. The lowest BCUT2D eigenvalue weighted by atomic mass is 9.86. The van der Waals surface area contributed by atoms with E-state index < -0.39 is 0 Å². The molecule has 1 N–H and O–H groups in total. The number of anilines is 1. The zero-order valence-electron chi connectivity index (χ0n) is 23.7. The third-order valence-electron chi connectivity index (χ3n) is 8.97. The number of ether oxygens (including phenoxy) is 3. The van der Waals surface area contributed by atoms with Crippen LogP contribution in [0.5, 0.6) is 5.75 Å². The minimum Gasteiger partial charge on any atom is -0.488 e. The minimum absolute atomic E-state index is 0.184. The third-order valence-corrected chi connectivity index (χ3v) is 9.87. The SMILES string of the molecule is Cc1cc(CN2CCOCC2)ccc1COc1c(C)cccc1-c1csc(N2C[C@H]3CC[C@@H](C2)C3COCO)n1. The van der Waals surface area contributed by atoms with E-state index in [0.29, 0.717) is 31.0 Å². The van der Waals surface area contributed by atoms with E-state index in [4.69, 9.17) is 24.3 Å². The smallest absolute Gasteiger partial charge is 0.185 e. The van der Waals surface area contributed by atoms with Gasteiger partial charge in [-0.15, -0.1) is 11.3 Å². The highest BCUT2D eigenvalue weighted by molar-refractivity contribution is 7.14. The number of aliphatic hydroxyl groups excluding tert-OH is 1. The molecule has 1 unspecified atom stereocenters. The van der Waals surface area contributed by atoms with Crippen molar-refractivity contribution in [3.05, 3.63) is 64.0 Å². The quantitative estimate of drug-likeness (QED) is 0.337. The van der Waals surface area contributed by atoms with Crippen molar-refractivity contribution in [1.82, 2.24) is 9.88 Å². The standard InChI is InChI=1S/C32H41N3O4S/c1-22-4-3-5-28(30-20-40-32(33-30)35-16-25-8-9-26(17-35)29(25)19-38-21-36)31(22)39-18-27-7-6-24(14-23(27)2)15-34-10-12-37-13-11-34/h3-7,14,20,25-26,29,36H,8-13,15-19,21H2,1-2H3/t25-,26+,29?. The predicted octanol–water partition coefficient (Wildman–Crippen LogP) is 5.27. The summed E-state index contributed by atoms with van der Waals surface area (Å²) in [6, 6.07) is 13.1. The first-order chi connectivity index (χ1) is 19.6. The molecule has 2 aliphatic heterocycles. The summed E-state index contributed by atoms with van der Waals surface area (Å²) in [5.41, 5.74) is 6.97. The molecule has 1 aliphatic carbocycles. The zero-order chi connectivity index (χ0) is 27.5. The number of hydrogen-bond donors (Lipinski definition) is 1. The Balaban J connectivity index is 1.13. The Morgan fingerprint density at radius 1 is 1.05 bits per heavy atom. The fourth-order valence-electron chi connectivity index (χ4n) is 6.72. The Hall–Kier alpha value is -2.49. The van der Waals surface area contributed by atoms with Crippen LogP contribution in [-0.2, 0) is 22.6 Å². The number of morpholine rings is 1. The van der Waals surface area contributed by atoms with Crippen molar-refractivity contribution in [2.75, 3.05) is 57.7 Å². The van der Waals surface area contributed by atoms with Crippen LogP contribution < -0.4 is 9.64 Å². The van der Waals surface area contributed by atoms with E-state index in [2.05, 4.69) is 65.4 Å². The lowest BCUT2D eigenvalue weighted by Gasteiger charge is -2.37. The Labute approximate surface area is 241 Å². The lowest BCUT2D eigenvalue weighted by molar-refractivity contribution is -0.0315. The highest BCUT2D eigenvalue weighted by atomic mass is 32.1. The molecule has 3 aromatic rings. The lowest BCUT2D eigenvalue weighted by Crippen LogP contribution is -2.43. The first-order valence-electron chi connectivity index (χ1n) is 14.6. The summed E-state index contributed by atoms with van der Waals surface area (Å²) in [6.45, 7) is 11.9. The largest absolute Gasteiger partial charge is 0.488 e. The minimum atomic E-state index is -0.184. The van der Waals surface area contributed by atoms with Crippen LogP contribution in [0.3, 0.4) is 0 Å². The Bertz CT molecular complexity index is 1280. The average molecular weight is 564 g/mol. The molecule has 8 heteroatoms. The van der Waals surface area contributed by atoms with Crippen LogP contribution in [0.25, 0.3) is 11.3 Å². The van der Waals surface area contributed by atoms with Gasteiger partial charge in [-0.1, -0.05) is 30.3 Å². The molecule has 6 rings (SSSR count). The van der Waals surface area contributed by atoms with Gasteiger partial charge in [0.2, 0.25) is 0 Å². The van der Waals surface area contributed by atoms with Gasteiger partial charge in [-0.2, -0.15) is 0 Å². The molecule has 0 spiro atoms. The van der Waals surface area contributed by atoms with Crippen LogP contribution in [-0.4, -0.2) is 67.8 Å². The van der Waals surface area contributed by atoms with Crippen molar-refractivity contribution in [2.24, 2.45) is 17.8 Å². The van der Waals surface area contributed by atoms with Gasteiger partial charge in [0.25, 0.3) is 0 Å². The average Bonchev–Trinajstić information content (AvgIpc) is 3.54. The van der Waals surface area contributed by atoms with Crippen molar-refractivity contribution in [3.8, 4) is 17.0 Å². The molecular weight excluding hydrogens is 522 g/mol. The Morgan fingerprint density at radius 3 is 2.60 bits per heavy atom. The molecule has 2 aromatic carbocycles. The molecule has 0 amide bonds. The van der Waals surface area contributed by atoms with Gasteiger partial charge in [-0.05, 0) is 72.8 Å². The van der Waals surface area contributed by atoms with Crippen molar-refractivity contribution in [1.29, 1.82) is 0 Å². The number of hydrogen-bond acceptors (Lipinski definition) is 8. The van der Waals surface area contributed by atoms with Gasteiger partial charge in [0.15, 0.2) is 5.13 Å². The first kappa shape index (κ1) is 27.7. The predicted molar refractivity (Wildman–Crippen MR) is 159 cm³/mol. The molecule has 0 radical (unpaired) electrons. The number of rotatable bonds is 10. The summed E-state index contributed by atoms with van der Waals surface area (Å²) in [4.78, 5) is 10.0. The van der Waals surface area contributed by atoms with Gasteiger partial charge >= 0.3 is 0 Å². The zero-order valence-corrected chi connectivity index (χ0v) is 24.5. The number of benzene rings is 2. The van der Waals surface area contributed by atoms with E-state index >= 15 is 0 Å². The van der Waals surface area contributed by atoms with Crippen LogP contribution in [0, 0.1) is 31.6 Å². The van der Waals surface area contributed by atoms with Crippen molar-refractivity contribution < 1.29 is 19.3 Å². The van der Waals surface area contributed by atoms with Crippen LogP contribution in [0.15, 0.2) is 41.8 Å². The summed E-state index contributed by atoms with van der Waals surface area (Å²) < 4.78 is 17.4.